The number of amides is 1. The largest absolute Gasteiger partial charge is 0.346 e. The van der Waals surface area contributed by atoms with Crippen LogP contribution in [0.4, 0.5) is 0 Å². The molecule has 0 radical (unpaired) electrons. The molecular formula is C11H15N5O. The molecule has 0 aliphatic rings. The third-order valence-corrected chi connectivity index (χ3v) is 2.76. The summed E-state index contributed by atoms with van der Waals surface area (Å²) in [7, 11) is 1.74. The standard InChI is InChI=1S/C11H15N5O/c1-7-9(8(2)15-14-7)6-12-11(17)10-4-5-13-16(10)3/h4-5H,6H2,1-3H3,(H,12,17)(H,14,15). The Kier molecular flexibility index (Phi) is 2.95. The van der Waals surface area contributed by atoms with Crippen LogP contribution in [0.1, 0.15) is 27.4 Å². The summed E-state index contributed by atoms with van der Waals surface area (Å²) in [6, 6.07) is 1.68. The summed E-state index contributed by atoms with van der Waals surface area (Å²) in [6.07, 6.45) is 1.60. The molecule has 0 saturated heterocycles. The lowest BCUT2D eigenvalue weighted by Gasteiger charge is -2.05. The van der Waals surface area contributed by atoms with Crippen LogP contribution in [0, 0.1) is 13.8 Å². The Morgan fingerprint density at radius 2 is 2.29 bits per heavy atom. The van der Waals surface area contributed by atoms with Gasteiger partial charge in [-0.25, -0.2) is 0 Å². The lowest BCUT2D eigenvalue weighted by atomic mass is 10.2. The summed E-state index contributed by atoms with van der Waals surface area (Å²) in [4.78, 5) is 11.8. The van der Waals surface area contributed by atoms with Crippen LogP contribution < -0.4 is 5.32 Å². The van der Waals surface area contributed by atoms with E-state index in [1.54, 1.807) is 24.0 Å². The Bertz CT molecular complexity index is 520. The Hall–Kier alpha value is -2.11. The van der Waals surface area contributed by atoms with Crippen molar-refractivity contribution in [2.45, 2.75) is 20.4 Å². The van der Waals surface area contributed by atoms with E-state index in [2.05, 4.69) is 20.6 Å². The van der Waals surface area contributed by atoms with Crippen LogP contribution in [0.15, 0.2) is 12.3 Å². The summed E-state index contributed by atoms with van der Waals surface area (Å²) in [5.74, 6) is -0.134. The Balaban J connectivity index is 2.05. The van der Waals surface area contributed by atoms with Gasteiger partial charge in [0.05, 0.1) is 5.69 Å². The molecule has 90 valence electrons. The highest BCUT2D eigenvalue weighted by atomic mass is 16.2. The zero-order chi connectivity index (χ0) is 12.4. The first-order valence-electron chi connectivity index (χ1n) is 5.36. The Morgan fingerprint density at radius 3 is 2.82 bits per heavy atom. The van der Waals surface area contributed by atoms with Gasteiger partial charge in [-0.3, -0.25) is 14.6 Å². The molecule has 0 aliphatic carbocycles. The zero-order valence-electron chi connectivity index (χ0n) is 10.1. The van der Waals surface area contributed by atoms with Gasteiger partial charge in [0, 0.05) is 31.0 Å². The van der Waals surface area contributed by atoms with Crippen molar-refractivity contribution in [2.75, 3.05) is 0 Å². The Labute approximate surface area is 99.0 Å². The molecule has 0 atom stereocenters. The van der Waals surface area contributed by atoms with Crippen LogP contribution >= 0.6 is 0 Å². The second-order valence-corrected chi connectivity index (χ2v) is 3.94. The maximum atomic E-state index is 11.8. The second-order valence-electron chi connectivity index (χ2n) is 3.94. The number of rotatable bonds is 3. The molecule has 6 heteroatoms. The van der Waals surface area contributed by atoms with Crippen molar-refractivity contribution in [2.24, 2.45) is 7.05 Å². The first-order valence-corrected chi connectivity index (χ1v) is 5.36. The van der Waals surface area contributed by atoms with E-state index < -0.39 is 0 Å². The maximum Gasteiger partial charge on any atom is 0.269 e. The quantitative estimate of drug-likeness (QED) is 0.819. The zero-order valence-corrected chi connectivity index (χ0v) is 10.1. The van der Waals surface area contributed by atoms with Gasteiger partial charge in [-0.05, 0) is 19.9 Å². The fourth-order valence-corrected chi connectivity index (χ4v) is 1.69. The molecule has 0 fully saturated rings. The molecule has 0 aliphatic heterocycles. The van der Waals surface area contributed by atoms with E-state index in [-0.39, 0.29) is 5.91 Å². The molecule has 2 N–H and O–H groups in total. The molecule has 1 amide bonds. The number of hydrogen-bond donors (Lipinski definition) is 2. The molecule has 2 aromatic rings. The van der Waals surface area contributed by atoms with Crippen molar-refractivity contribution in [1.82, 2.24) is 25.3 Å². The first kappa shape index (κ1) is 11.4. The van der Waals surface area contributed by atoms with Crippen molar-refractivity contribution < 1.29 is 4.79 Å². The minimum atomic E-state index is -0.134. The number of H-pyrrole nitrogens is 1. The highest BCUT2D eigenvalue weighted by Crippen LogP contribution is 2.08. The normalized spacial score (nSPS) is 10.5. The number of nitrogens with one attached hydrogen (secondary N) is 2. The molecule has 0 spiro atoms. The fraction of sp³-hybridized carbons (Fsp3) is 0.364. The molecule has 0 unspecified atom stereocenters. The number of carbonyl (C=O) groups is 1. The summed E-state index contributed by atoms with van der Waals surface area (Å²) in [5.41, 5.74) is 3.46. The summed E-state index contributed by atoms with van der Waals surface area (Å²) < 4.78 is 1.55. The van der Waals surface area contributed by atoms with Crippen molar-refractivity contribution in [3.05, 3.63) is 34.9 Å². The highest BCUT2D eigenvalue weighted by Gasteiger charge is 2.11. The lowest BCUT2D eigenvalue weighted by molar-refractivity contribution is 0.0941. The van der Waals surface area contributed by atoms with Crippen LogP contribution in [0.2, 0.25) is 0 Å². The van der Waals surface area contributed by atoms with E-state index in [0.717, 1.165) is 17.0 Å². The molecule has 2 heterocycles. The topological polar surface area (TPSA) is 75.6 Å². The molecule has 17 heavy (non-hydrogen) atoms. The van der Waals surface area contributed by atoms with Crippen molar-refractivity contribution in [3.8, 4) is 0 Å². The van der Waals surface area contributed by atoms with Crippen LogP contribution in [0.3, 0.4) is 0 Å². The number of nitrogens with zero attached hydrogens (tertiary/aromatic N) is 3. The van der Waals surface area contributed by atoms with Crippen LogP contribution in [0.5, 0.6) is 0 Å². The summed E-state index contributed by atoms with van der Waals surface area (Å²) in [6.45, 7) is 4.32. The molecule has 0 saturated carbocycles. The van der Waals surface area contributed by atoms with Gasteiger partial charge in [0.15, 0.2) is 0 Å². The molecular weight excluding hydrogens is 218 g/mol. The predicted octanol–water partition coefficient (Wildman–Crippen LogP) is 0.690. The highest BCUT2D eigenvalue weighted by molar-refractivity contribution is 5.92. The van der Waals surface area contributed by atoms with Crippen molar-refractivity contribution in [1.29, 1.82) is 0 Å². The molecule has 0 bridgehead atoms. The number of aromatic nitrogens is 4. The van der Waals surface area contributed by atoms with Crippen molar-refractivity contribution >= 4 is 5.91 Å². The van der Waals surface area contributed by atoms with Gasteiger partial charge in [-0.1, -0.05) is 0 Å². The smallest absolute Gasteiger partial charge is 0.269 e. The van der Waals surface area contributed by atoms with E-state index in [4.69, 9.17) is 0 Å². The van der Waals surface area contributed by atoms with Crippen molar-refractivity contribution in [3.63, 3.8) is 0 Å². The number of carbonyl (C=O) groups excluding carboxylic acids is 1. The van der Waals surface area contributed by atoms with Gasteiger partial charge in [-0.2, -0.15) is 10.2 Å². The Morgan fingerprint density at radius 1 is 1.53 bits per heavy atom. The number of aromatic amines is 1. The van der Waals surface area contributed by atoms with E-state index in [1.807, 2.05) is 13.8 Å². The van der Waals surface area contributed by atoms with Crippen LogP contribution in [-0.2, 0) is 13.6 Å². The van der Waals surface area contributed by atoms with Gasteiger partial charge in [0.25, 0.3) is 5.91 Å². The first-order chi connectivity index (χ1) is 8.09. The van der Waals surface area contributed by atoms with Gasteiger partial charge in [-0.15, -0.1) is 0 Å². The van der Waals surface area contributed by atoms with E-state index >= 15 is 0 Å². The monoisotopic (exact) mass is 233 g/mol. The molecule has 0 aromatic carbocycles. The van der Waals surface area contributed by atoms with Gasteiger partial charge in [0.1, 0.15) is 5.69 Å². The van der Waals surface area contributed by atoms with E-state index in [1.165, 1.54) is 0 Å². The van der Waals surface area contributed by atoms with Crippen LogP contribution in [-0.4, -0.2) is 25.9 Å². The minimum Gasteiger partial charge on any atom is -0.346 e. The van der Waals surface area contributed by atoms with Crippen LogP contribution in [0.25, 0.3) is 0 Å². The number of aryl methyl sites for hydroxylation is 3. The van der Waals surface area contributed by atoms with Gasteiger partial charge >= 0.3 is 0 Å². The average molecular weight is 233 g/mol. The maximum absolute atomic E-state index is 11.8. The third-order valence-electron chi connectivity index (χ3n) is 2.76. The summed E-state index contributed by atoms with van der Waals surface area (Å²) in [5, 5.41) is 13.8. The third kappa shape index (κ3) is 2.20. The minimum absolute atomic E-state index is 0.134. The molecule has 2 aromatic heterocycles. The van der Waals surface area contributed by atoms with E-state index in [0.29, 0.717) is 12.2 Å². The number of hydrogen-bond acceptors (Lipinski definition) is 3. The van der Waals surface area contributed by atoms with Gasteiger partial charge in [0.2, 0.25) is 0 Å². The molecule has 6 nitrogen and oxygen atoms in total. The van der Waals surface area contributed by atoms with Gasteiger partial charge < -0.3 is 5.32 Å². The molecule has 2 rings (SSSR count). The average Bonchev–Trinajstić information content (AvgIpc) is 2.84. The predicted molar refractivity (Wildman–Crippen MR) is 62.4 cm³/mol. The second kappa shape index (κ2) is 4.40. The summed E-state index contributed by atoms with van der Waals surface area (Å²) >= 11 is 0. The van der Waals surface area contributed by atoms with E-state index in [9.17, 15) is 4.79 Å². The fourth-order valence-electron chi connectivity index (χ4n) is 1.69. The lowest BCUT2D eigenvalue weighted by Crippen LogP contribution is -2.25. The SMILES string of the molecule is Cc1n[nH]c(C)c1CNC(=O)c1ccnn1C.